The first kappa shape index (κ1) is 25.6. The lowest BCUT2D eigenvalue weighted by Gasteiger charge is -2.31. The molecule has 1 aliphatic carbocycles. The van der Waals surface area contributed by atoms with Crippen molar-refractivity contribution in [3.05, 3.63) is 65.6 Å². The number of anilines is 2. The Morgan fingerprint density at radius 2 is 1.89 bits per heavy atom. The summed E-state index contributed by atoms with van der Waals surface area (Å²) in [7, 11) is 1.42. The fourth-order valence-electron chi connectivity index (χ4n) is 4.85. The maximum atomic E-state index is 13.0. The highest BCUT2D eigenvalue weighted by molar-refractivity contribution is 5.72. The summed E-state index contributed by atoms with van der Waals surface area (Å²) in [4.78, 5) is 25.2. The monoisotopic (exact) mass is 496 g/mol. The maximum absolute atomic E-state index is 13.0. The SMILES string of the molecule is COC(=O)C1CCC(C(CO)c2ccc(-c3cc(C)cc(Nc4cc(C(F)F)ccn4)n3)cn2)CC1. The third kappa shape index (κ3) is 6.02. The average Bonchev–Trinajstić information content (AvgIpc) is 2.89. The number of aliphatic hydroxyl groups excluding tert-OH is 1. The van der Waals surface area contributed by atoms with Gasteiger partial charge in [0, 0.05) is 35.1 Å². The van der Waals surface area contributed by atoms with Gasteiger partial charge in [0.2, 0.25) is 0 Å². The molecule has 0 spiro atoms. The number of carbonyl (C=O) groups excluding carboxylic acids is 1. The van der Waals surface area contributed by atoms with Gasteiger partial charge in [-0.1, -0.05) is 0 Å². The summed E-state index contributed by atoms with van der Waals surface area (Å²) >= 11 is 0. The largest absolute Gasteiger partial charge is 0.469 e. The van der Waals surface area contributed by atoms with E-state index in [4.69, 9.17) is 4.74 Å². The molecule has 0 aliphatic heterocycles. The van der Waals surface area contributed by atoms with E-state index >= 15 is 0 Å². The molecule has 3 heterocycles. The van der Waals surface area contributed by atoms with E-state index < -0.39 is 6.43 Å². The Morgan fingerprint density at radius 1 is 1.11 bits per heavy atom. The lowest BCUT2D eigenvalue weighted by atomic mass is 9.75. The summed E-state index contributed by atoms with van der Waals surface area (Å²) in [6, 6.07) is 10.2. The predicted molar refractivity (Wildman–Crippen MR) is 132 cm³/mol. The number of aromatic nitrogens is 3. The molecule has 1 saturated carbocycles. The molecule has 1 atom stereocenters. The number of hydrogen-bond acceptors (Lipinski definition) is 7. The highest BCUT2D eigenvalue weighted by Crippen LogP contribution is 2.38. The molecular formula is C27H30F2N4O3. The maximum Gasteiger partial charge on any atom is 0.308 e. The van der Waals surface area contributed by atoms with Gasteiger partial charge in [-0.2, -0.15) is 0 Å². The Labute approximate surface area is 209 Å². The molecular weight excluding hydrogens is 466 g/mol. The third-order valence-electron chi connectivity index (χ3n) is 6.80. The number of ether oxygens (including phenoxy) is 1. The number of aliphatic hydroxyl groups is 1. The van der Waals surface area contributed by atoms with E-state index in [0.29, 0.717) is 11.5 Å². The van der Waals surface area contributed by atoms with Gasteiger partial charge in [0.1, 0.15) is 11.6 Å². The quantitative estimate of drug-likeness (QED) is 0.393. The van der Waals surface area contributed by atoms with E-state index in [1.807, 2.05) is 31.2 Å². The Morgan fingerprint density at radius 3 is 2.53 bits per heavy atom. The second-order valence-corrected chi connectivity index (χ2v) is 9.21. The molecule has 0 bridgehead atoms. The molecule has 0 aromatic carbocycles. The van der Waals surface area contributed by atoms with Gasteiger partial charge in [0.25, 0.3) is 6.43 Å². The van der Waals surface area contributed by atoms with Gasteiger partial charge in [0.05, 0.1) is 25.3 Å². The molecule has 1 aliphatic rings. The van der Waals surface area contributed by atoms with Crippen molar-refractivity contribution < 1.29 is 23.4 Å². The molecule has 7 nitrogen and oxygen atoms in total. The number of nitrogens with one attached hydrogen (secondary N) is 1. The summed E-state index contributed by atoms with van der Waals surface area (Å²) in [5.74, 6) is 0.700. The number of esters is 1. The van der Waals surface area contributed by atoms with Crippen LogP contribution in [0.25, 0.3) is 11.3 Å². The molecule has 4 rings (SSSR count). The predicted octanol–water partition coefficient (Wildman–Crippen LogP) is 5.58. The normalized spacial score (nSPS) is 18.6. The van der Waals surface area contributed by atoms with E-state index in [-0.39, 0.29) is 41.7 Å². The molecule has 190 valence electrons. The molecule has 2 N–H and O–H groups in total. The van der Waals surface area contributed by atoms with E-state index in [1.165, 1.54) is 25.4 Å². The van der Waals surface area contributed by atoms with Crippen LogP contribution in [0, 0.1) is 18.8 Å². The summed E-state index contributed by atoms with van der Waals surface area (Å²) in [6.45, 7) is 1.91. The Hall–Kier alpha value is -3.46. The van der Waals surface area contributed by atoms with Gasteiger partial charge in [-0.05, 0) is 80.5 Å². The highest BCUT2D eigenvalue weighted by Gasteiger charge is 2.32. The van der Waals surface area contributed by atoms with Gasteiger partial charge < -0.3 is 15.2 Å². The number of nitrogens with zero attached hydrogens (tertiary/aromatic N) is 3. The smallest absolute Gasteiger partial charge is 0.308 e. The average molecular weight is 497 g/mol. The summed E-state index contributed by atoms with van der Waals surface area (Å²) < 4.78 is 30.9. The van der Waals surface area contributed by atoms with Crippen molar-refractivity contribution in [2.45, 2.75) is 45.0 Å². The summed E-state index contributed by atoms with van der Waals surface area (Å²) in [6.07, 6.45) is 3.67. The van der Waals surface area contributed by atoms with Crippen molar-refractivity contribution in [3.8, 4) is 11.3 Å². The van der Waals surface area contributed by atoms with Crippen LogP contribution in [0.4, 0.5) is 20.4 Å². The minimum absolute atomic E-state index is 0.0126. The van der Waals surface area contributed by atoms with Crippen LogP contribution in [0.1, 0.15) is 54.8 Å². The molecule has 1 unspecified atom stereocenters. The van der Waals surface area contributed by atoms with Gasteiger partial charge in [-0.3, -0.25) is 9.78 Å². The van der Waals surface area contributed by atoms with Crippen LogP contribution in [0.5, 0.6) is 0 Å². The molecule has 0 saturated heterocycles. The van der Waals surface area contributed by atoms with Crippen molar-refractivity contribution in [1.29, 1.82) is 0 Å². The summed E-state index contributed by atoms with van der Waals surface area (Å²) in [5.41, 5.74) is 3.11. The summed E-state index contributed by atoms with van der Waals surface area (Å²) in [5, 5.41) is 13.1. The molecule has 3 aromatic heterocycles. The molecule has 3 aromatic rings. The number of hydrogen-bond donors (Lipinski definition) is 2. The van der Waals surface area contributed by atoms with Crippen LogP contribution in [0.15, 0.2) is 48.8 Å². The second kappa shape index (κ2) is 11.5. The zero-order valence-electron chi connectivity index (χ0n) is 20.3. The molecule has 36 heavy (non-hydrogen) atoms. The number of alkyl halides is 2. The minimum Gasteiger partial charge on any atom is -0.469 e. The van der Waals surface area contributed by atoms with Crippen LogP contribution in [-0.2, 0) is 9.53 Å². The number of methoxy groups -OCH3 is 1. The first-order valence-electron chi connectivity index (χ1n) is 12.0. The minimum atomic E-state index is -2.58. The third-order valence-corrected chi connectivity index (χ3v) is 6.80. The number of pyridine rings is 3. The highest BCUT2D eigenvalue weighted by atomic mass is 19.3. The number of halogens is 2. The van der Waals surface area contributed by atoms with E-state index in [1.54, 1.807) is 6.20 Å². The standard InChI is InChI=1S/C27H30F2N4O3/c1-16-11-23(32-25(12-16)33-24-13-19(26(28)29)9-10-30-24)20-7-8-22(31-14-20)21(15-34)17-3-5-18(6-4-17)27(35)36-2/h7-14,17-18,21,26,34H,3-6,15H2,1-2H3,(H,30,32,33). The number of rotatable bonds is 8. The van der Waals surface area contributed by atoms with Gasteiger partial charge >= 0.3 is 5.97 Å². The fourth-order valence-corrected chi connectivity index (χ4v) is 4.85. The van der Waals surface area contributed by atoms with Crippen LogP contribution in [0.3, 0.4) is 0 Å². The molecule has 9 heteroatoms. The van der Waals surface area contributed by atoms with E-state index in [2.05, 4.69) is 20.3 Å². The van der Waals surface area contributed by atoms with Crippen LogP contribution < -0.4 is 5.32 Å². The van der Waals surface area contributed by atoms with Crippen LogP contribution in [-0.4, -0.2) is 39.7 Å². The Balaban J connectivity index is 1.48. The topological polar surface area (TPSA) is 97.2 Å². The van der Waals surface area contributed by atoms with Crippen molar-refractivity contribution in [2.24, 2.45) is 11.8 Å². The lowest BCUT2D eigenvalue weighted by molar-refractivity contribution is -0.146. The first-order chi connectivity index (χ1) is 17.4. The second-order valence-electron chi connectivity index (χ2n) is 9.21. The van der Waals surface area contributed by atoms with Crippen LogP contribution in [0.2, 0.25) is 0 Å². The van der Waals surface area contributed by atoms with Crippen molar-refractivity contribution >= 4 is 17.6 Å². The van der Waals surface area contributed by atoms with Gasteiger partial charge in [0.15, 0.2) is 0 Å². The van der Waals surface area contributed by atoms with Gasteiger partial charge in [-0.25, -0.2) is 18.7 Å². The van der Waals surface area contributed by atoms with Gasteiger partial charge in [-0.15, -0.1) is 0 Å². The fraction of sp³-hybridized carbons (Fsp3) is 0.407. The molecule has 1 fully saturated rings. The van der Waals surface area contributed by atoms with E-state index in [9.17, 15) is 18.7 Å². The lowest BCUT2D eigenvalue weighted by Crippen LogP contribution is -2.27. The number of aryl methyl sites for hydroxylation is 1. The Bertz CT molecular complexity index is 1180. The van der Waals surface area contributed by atoms with E-state index in [0.717, 1.165) is 42.5 Å². The molecule has 0 radical (unpaired) electrons. The zero-order chi connectivity index (χ0) is 25.7. The Kier molecular flexibility index (Phi) is 8.20. The number of carbonyl (C=O) groups is 1. The molecule has 0 amide bonds. The van der Waals surface area contributed by atoms with Crippen LogP contribution >= 0.6 is 0 Å². The first-order valence-corrected chi connectivity index (χ1v) is 12.0. The zero-order valence-corrected chi connectivity index (χ0v) is 20.3. The van der Waals surface area contributed by atoms with Crippen molar-refractivity contribution in [1.82, 2.24) is 15.0 Å². The van der Waals surface area contributed by atoms with Crippen molar-refractivity contribution in [3.63, 3.8) is 0 Å². The van der Waals surface area contributed by atoms with Crippen molar-refractivity contribution in [2.75, 3.05) is 19.0 Å².